The minimum atomic E-state index is -0.360. The van der Waals surface area contributed by atoms with Gasteiger partial charge in [-0.15, -0.1) is 0 Å². The largest absolute Gasteiger partial charge is 0.454 e. The van der Waals surface area contributed by atoms with Gasteiger partial charge in [-0.25, -0.2) is 4.39 Å². The molecule has 5 rings (SSSR count). The van der Waals surface area contributed by atoms with Gasteiger partial charge in [0.15, 0.2) is 17.2 Å². The number of carbonyl (C=O) groups is 2. The van der Waals surface area contributed by atoms with Crippen molar-refractivity contribution in [3.63, 3.8) is 0 Å². The lowest BCUT2D eigenvalue weighted by Gasteiger charge is -2.20. The Morgan fingerprint density at radius 3 is 2.66 bits per heavy atom. The van der Waals surface area contributed by atoms with Gasteiger partial charge in [-0.05, 0) is 41.8 Å². The number of aromatic nitrogens is 2. The van der Waals surface area contributed by atoms with Crippen molar-refractivity contribution in [2.45, 2.75) is 26.1 Å². The molecule has 0 saturated heterocycles. The Bertz CT molecular complexity index is 1180. The first-order chi connectivity index (χ1) is 15.6. The highest BCUT2D eigenvalue weighted by Gasteiger charge is 2.26. The predicted molar refractivity (Wildman–Crippen MR) is 112 cm³/mol. The van der Waals surface area contributed by atoms with Gasteiger partial charge in [-0.2, -0.15) is 5.10 Å². The van der Waals surface area contributed by atoms with Crippen LogP contribution >= 0.6 is 0 Å². The van der Waals surface area contributed by atoms with Crippen LogP contribution in [-0.4, -0.2) is 39.8 Å². The van der Waals surface area contributed by atoms with Crippen LogP contribution < -0.4 is 14.8 Å². The van der Waals surface area contributed by atoms with Gasteiger partial charge in [0, 0.05) is 32.2 Å². The number of hydrogen-bond donors (Lipinski definition) is 1. The van der Waals surface area contributed by atoms with E-state index in [4.69, 9.17) is 9.47 Å². The van der Waals surface area contributed by atoms with Gasteiger partial charge in [0.1, 0.15) is 11.5 Å². The quantitative estimate of drug-likeness (QED) is 0.665. The summed E-state index contributed by atoms with van der Waals surface area (Å²) < 4.78 is 25.4. The average Bonchev–Trinajstić information content (AvgIpc) is 3.41. The topological polar surface area (TPSA) is 85.7 Å². The minimum absolute atomic E-state index is 0.192. The summed E-state index contributed by atoms with van der Waals surface area (Å²) in [5.41, 5.74) is 2.27. The fourth-order valence-electron chi connectivity index (χ4n) is 3.83. The monoisotopic (exact) mass is 436 g/mol. The lowest BCUT2D eigenvalue weighted by atomic mass is 10.2. The lowest BCUT2D eigenvalue weighted by Crippen LogP contribution is -2.30. The molecule has 2 amide bonds. The maximum Gasteiger partial charge on any atom is 0.272 e. The molecule has 0 atom stereocenters. The number of amides is 2. The van der Waals surface area contributed by atoms with Crippen LogP contribution in [0.3, 0.4) is 0 Å². The van der Waals surface area contributed by atoms with E-state index in [9.17, 15) is 14.0 Å². The van der Waals surface area contributed by atoms with Crippen molar-refractivity contribution in [1.82, 2.24) is 20.0 Å². The van der Waals surface area contributed by atoms with Crippen molar-refractivity contribution >= 4 is 11.8 Å². The number of aryl methyl sites for hydroxylation is 1. The third-order valence-electron chi connectivity index (χ3n) is 5.49. The smallest absolute Gasteiger partial charge is 0.272 e. The number of ether oxygens (including phenoxy) is 2. The number of benzene rings is 2. The summed E-state index contributed by atoms with van der Waals surface area (Å²) in [6.07, 6.45) is 0.708. The molecule has 1 aromatic heterocycles. The van der Waals surface area contributed by atoms with Crippen LogP contribution in [0.25, 0.3) is 0 Å². The molecule has 2 aromatic carbocycles. The Hall–Kier alpha value is -3.88. The fourth-order valence-corrected chi connectivity index (χ4v) is 3.83. The van der Waals surface area contributed by atoms with Crippen LogP contribution in [0.4, 0.5) is 4.39 Å². The van der Waals surface area contributed by atoms with Crippen LogP contribution in [0.15, 0.2) is 48.5 Å². The Balaban J connectivity index is 1.27. The molecule has 0 unspecified atom stereocenters. The van der Waals surface area contributed by atoms with E-state index in [-0.39, 0.29) is 30.1 Å². The zero-order chi connectivity index (χ0) is 22.1. The normalized spacial score (nSPS) is 14.8. The zero-order valence-corrected chi connectivity index (χ0v) is 17.2. The summed E-state index contributed by atoms with van der Waals surface area (Å²) in [5.74, 6) is 0.458. The number of nitrogens with one attached hydrogen (secondary N) is 1. The third kappa shape index (κ3) is 4.01. The molecule has 0 bridgehead atoms. The highest BCUT2D eigenvalue weighted by Crippen LogP contribution is 2.32. The molecule has 8 nitrogen and oxygen atoms in total. The van der Waals surface area contributed by atoms with E-state index in [0.717, 1.165) is 11.1 Å². The molecule has 0 radical (unpaired) electrons. The number of fused-ring (bicyclic) bond motifs is 2. The fraction of sp³-hybridized carbons (Fsp3) is 0.261. The Labute approximate surface area is 183 Å². The van der Waals surface area contributed by atoms with Crippen LogP contribution in [-0.2, 0) is 19.6 Å². The Kier molecular flexibility index (Phi) is 5.22. The number of nitrogens with zero attached hydrogens (tertiary/aromatic N) is 3. The van der Waals surface area contributed by atoms with Crippen LogP contribution in [0.2, 0.25) is 0 Å². The summed E-state index contributed by atoms with van der Waals surface area (Å²) in [6.45, 7) is 1.96. The summed E-state index contributed by atoms with van der Waals surface area (Å²) in [5, 5.41) is 7.18. The maximum atomic E-state index is 13.2. The van der Waals surface area contributed by atoms with Crippen molar-refractivity contribution in [1.29, 1.82) is 0 Å². The standard InChI is InChI=1S/C23H21FN4O4/c24-17-5-2-15(3-6-17)13-27-8-1-9-28-19(23(27)30)11-18(26-28)22(29)25-12-16-4-7-20-21(10-16)32-14-31-20/h2-7,10-11H,1,8-9,12-14H2,(H,25,29). The third-order valence-corrected chi connectivity index (χ3v) is 5.49. The van der Waals surface area contributed by atoms with Crippen molar-refractivity contribution in [2.75, 3.05) is 13.3 Å². The first-order valence-corrected chi connectivity index (χ1v) is 10.3. The summed E-state index contributed by atoms with van der Waals surface area (Å²) in [6, 6.07) is 13.1. The molecule has 2 aliphatic rings. The van der Waals surface area contributed by atoms with E-state index in [1.807, 2.05) is 12.1 Å². The molecule has 0 aliphatic carbocycles. The van der Waals surface area contributed by atoms with Crippen LogP contribution in [0.1, 0.15) is 38.5 Å². The first-order valence-electron chi connectivity index (χ1n) is 10.3. The predicted octanol–water partition coefficient (Wildman–Crippen LogP) is 2.73. The second kappa shape index (κ2) is 8.33. The van der Waals surface area contributed by atoms with Gasteiger partial charge in [-0.1, -0.05) is 18.2 Å². The van der Waals surface area contributed by atoms with E-state index in [1.165, 1.54) is 18.2 Å². The van der Waals surface area contributed by atoms with Gasteiger partial charge < -0.3 is 19.7 Å². The average molecular weight is 436 g/mol. The molecular weight excluding hydrogens is 415 g/mol. The Morgan fingerprint density at radius 2 is 1.81 bits per heavy atom. The van der Waals surface area contributed by atoms with Crippen molar-refractivity contribution in [3.8, 4) is 11.5 Å². The van der Waals surface area contributed by atoms with E-state index in [1.54, 1.807) is 27.8 Å². The van der Waals surface area contributed by atoms with Crippen LogP contribution in [0.5, 0.6) is 11.5 Å². The van der Waals surface area contributed by atoms with E-state index >= 15 is 0 Å². The number of hydrogen-bond acceptors (Lipinski definition) is 5. The van der Waals surface area contributed by atoms with Gasteiger partial charge in [-0.3, -0.25) is 14.3 Å². The second-order valence-electron chi connectivity index (χ2n) is 7.71. The zero-order valence-electron chi connectivity index (χ0n) is 17.2. The molecule has 3 heterocycles. The van der Waals surface area contributed by atoms with Gasteiger partial charge >= 0.3 is 0 Å². The summed E-state index contributed by atoms with van der Waals surface area (Å²) in [7, 11) is 0. The molecule has 9 heteroatoms. The number of halogens is 1. The van der Waals surface area contributed by atoms with Gasteiger partial charge in [0.2, 0.25) is 6.79 Å². The Morgan fingerprint density at radius 1 is 1.03 bits per heavy atom. The van der Waals surface area contributed by atoms with E-state index in [0.29, 0.717) is 49.8 Å². The van der Waals surface area contributed by atoms with Crippen molar-refractivity contribution < 1.29 is 23.5 Å². The molecule has 0 fully saturated rings. The summed E-state index contributed by atoms with van der Waals surface area (Å²) in [4.78, 5) is 27.4. The molecule has 1 N–H and O–H groups in total. The molecule has 2 aliphatic heterocycles. The van der Waals surface area contributed by atoms with Crippen LogP contribution in [0, 0.1) is 5.82 Å². The molecule has 3 aromatic rings. The van der Waals surface area contributed by atoms with Crippen molar-refractivity contribution in [3.05, 3.63) is 76.9 Å². The maximum absolute atomic E-state index is 13.2. The molecule has 0 spiro atoms. The van der Waals surface area contributed by atoms with E-state index < -0.39 is 0 Å². The molecular formula is C23H21FN4O4. The number of rotatable bonds is 5. The minimum Gasteiger partial charge on any atom is -0.454 e. The van der Waals surface area contributed by atoms with Gasteiger partial charge in [0.05, 0.1) is 0 Å². The van der Waals surface area contributed by atoms with Gasteiger partial charge in [0.25, 0.3) is 11.8 Å². The lowest BCUT2D eigenvalue weighted by molar-refractivity contribution is 0.0745. The highest BCUT2D eigenvalue weighted by atomic mass is 19.1. The van der Waals surface area contributed by atoms with Crippen molar-refractivity contribution in [2.24, 2.45) is 0 Å². The van der Waals surface area contributed by atoms with E-state index in [2.05, 4.69) is 10.4 Å². The summed E-state index contributed by atoms with van der Waals surface area (Å²) >= 11 is 0. The number of carbonyl (C=O) groups excluding carboxylic acids is 2. The first kappa shape index (κ1) is 20.0. The molecule has 164 valence electrons. The highest BCUT2D eigenvalue weighted by molar-refractivity contribution is 5.98. The molecule has 32 heavy (non-hydrogen) atoms. The SMILES string of the molecule is O=C(NCc1ccc2c(c1)OCO2)c1cc2n(n1)CCCN(Cc1ccc(F)cc1)C2=O. The second-order valence-corrected chi connectivity index (χ2v) is 7.71. The molecule has 0 saturated carbocycles.